The van der Waals surface area contributed by atoms with Crippen molar-refractivity contribution in [1.82, 2.24) is 4.57 Å². The number of hydrogen-bond donors (Lipinski definition) is 0. The summed E-state index contributed by atoms with van der Waals surface area (Å²) in [6.45, 7) is 5.87. The fraction of sp³-hybridized carbons (Fsp3) is 0.250. The van der Waals surface area contributed by atoms with Crippen LogP contribution in [0.15, 0.2) is 50.0 Å². The molecule has 4 heterocycles. The maximum Gasteiger partial charge on any atom is 0.338 e. The van der Waals surface area contributed by atoms with Gasteiger partial charge in [0.1, 0.15) is 6.04 Å². The summed E-state index contributed by atoms with van der Waals surface area (Å²) in [5.41, 5.74) is 2.02. The molecule has 0 N–H and O–H groups in total. The topological polar surface area (TPSA) is 60.7 Å². The van der Waals surface area contributed by atoms with Crippen LogP contribution >= 0.6 is 34.0 Å². The van der Waals surface area contributed by atoms with Gasteiger partial charge in [-0.15, -0.1) is 22.7 Å². The molecule has 0 radical (unpaired) electrons. The van der Waals surface area contributed by atoms with E-state index in [1.54, 1.807) is 29.8 Å². The molecule has 1 atom stereocenters. The molecule has 144 valence electrons. The van der Waals surface area contributed by atoms with Gasteiger partial charge in [0.25, 0.3) is 5.56 Å². The van der Waals surface area contributed by atoms with Gasteiger partial charge >= 0.3 is 5.97 Å². The number of aromatic nitrogens is 1. The van der Waals surface area contributed by atoms with Crippen LogP contribution in [-0.4, -0.2) is 17.1 Å². The third-order valence-corrected chi connectivity index (χ3v) is 7.37. The van der Waals surface area contributed by atoms with E-state index in [0.717, 1.165) is 15.3 Å². The standard InChI is InChI=1S/C20H18N2O3S3/c1-4-25-19(24)16-12(3)21-20-22(17(16)13-6-5-8-26-13)18(23)15(28-20)10-14-11(2)7-9-27-14/h5-10,17H,4H2,1-3H3/b15-10+. The Morgan fingerprint density at radius 2 is 2.11 bits per heavy atom. The van der Waals surface area contributed by atoms with Crippen molar-refractivity contribution < 1.29 is 9.53 Å². The fourth-order valence-corrected chi connectivity index (χ4v) is 5.94. The molecule has 0 aliphatic carbocycles. The molecule has 0 fully saturated rings. The first-order valence-corrected chi connectivity index (χ1v) is 11.4. The molecular weight excluding hydrogens is 412 g/mol. The molecule has 0 saturated heterocycles. The summed E-state index contributed by atoms with van der Waals surface area (Å²) in [7, 11) is 0. The number of carbonyl (C=O) groups excluding carboxylic acids is 1. The van der Waals surface area contributed by atoms with Crippen molar-refractivity contribution in [3.63, 3.8) is 0 Å². The molecule has 3 aromatic rings. The van der Waals surface area contributed by atoms with E-state index < -0.39 is 12.0 Å². The molecule has 8 heteroatoms. The van der Waals surface area contributed by atoms with Crippen molar-refractivity contribution in [1.29, 1.82) is 0 Å². The van der Waals surface area contributed by atoms with E-state index in [4.69, 9.17) is 4.74 Å². The van der Waals surface area contributed by atoms with Gasteiger partial charge in [0.05, 0.1) is 22.4 Å². The zero-order chi connectivity index (χ0) is 19.8. The maximum atomic E-state index is 13.3. The second kappa shape index (κ2) is 7.62. The summed E-state index contributed by atoms with van der Waals surface area (Å²) < 4.78 is 7.52. The van der Waals surface area contributed by atoms with Gasteiger partial charge in [0.2, 0.25) is 0 Å². The predicted octanol–water partition coefficient (Wildman–Crippen LogP) is 3.23. The van der Waals surface area contributed by atoms with E-state index in [9.17, 15) is 9.59 Å². The minimum Gasteiger partial charge on any atom is -0.463 e. The second-order valence-corrected chi connectivity index (χ2v) is 9.22. The van der Waals surface area contributed by atoms with Crippen LogP contribution in [0.3, 0.4) is 0 Å². The third-order valence-electron chi connectivity index (χ3n) is 4.49. The Kier molecular flexibility index (Phi) is 5.18. The number of nitrogens with zero attached hydrogens (tertiary/aromatic N) is 2. The Morgan fingerprint density at radius 3 is 2.75 bits per heavy atom. The van der Waals surface area contributed by atoms with Crippen LogP contribution in [0.2, 0.25) is 0 Å². The molecule has 1 aliphatic heterocycles. The van der Waals surface area contributed by atoms with Gasteiger partial charge in [-0.25, -0.2) is 9.79 Å². The summed E-state index contributed by atoms with van der Waals surface area (Å²) in [6, 6.07) is 5.38. The summed E-state index contributed by atoms with van der Waals surface area (Å²) in [5, 5.41) is 3.95. The highest BCUT2D eigenvalue weighted by atomic mass is 32.1. The van der Waals surface area contributed by atoms with E-state index in [2.05, 4.69) is 4.99 Å². The Hall–Kier alpha value is -2.29. The summed E-state index contributed by atoms with van der Waals surface area (Å²) >= 11 is 4.47. The van der Waals surface area contributed by atoms with Crippen molar-refractivity contribution in [2.24, 2.45) is 4.99 Å². The van der Waals surface area contributed by atoms with Crippen LogP contribution in [-0.2, 0) is 9.53 Å². The first-order valence-electron chi connectivity index (χ1n) is 8.78. The second-order valence-electron chi connectivity index (χ2n) is 6.29. The number of allylic oxidation sites excluding steroid dienone is 1. The van der Waals surface area contributed by atoms with Crippen LogP contribution in [0.5, 0.6) is 0 Å². The molecule has 0 aromatic carbocycles. The lowest BCUT2D eigenvalue weighted by atomic mass is 10.0. The van der Waals surface area contributed by atoms with Gasteiger partial charge in [-0.3, -0.25) is 9.36 Å². The average Bonchev–Trinajstić information content (AvgIpc) is 3.38. The Morgan fingerprint density at radius 1 is 1.29 bits per heavy atom. The van der Waals surface area contributed by atoms with Crippen molar-refractivity contribution in [3.8, 4) is 0 Å². The van der Waals surface area contributed by atoms with E-state index in [1.807, 2.05) is 42.0 Å². The van der Waals surface area contributed by atoms with Gasteiger partial charge in [0.15, 0.2) is 4.80 Å². The molecule has 3 aromatic heterocycles. The number of fused-ring (bicyclic) bond motifs is 1. The highest BCUT2D eigenvalue weighted by Gasteiger charge is 2.33. The summed E-state index contributed by atoms with van der Waals surface area (Å²) in [4.78, 5) is 33.1. The lowest BCUT2D eigenvalue weighted by Gasteiger charge is -2.23. The number of thiophene rings is 2. The highest BCUT2D eigenvalue weighted by Crippen LogP contribution is 2.33. The van der Waals surface area contributed by atoms with Gasteiger partial charge in [-0.2, -0.15) is 0 Å². The predicted molar refractivity (Wildman–Crippen MR) is 114 cm³/mol. The van der Waals surface area contributed by atoms with Gasteiger partial charge in [0, 0.05) is 9.75 Å². The first-order chi connectivity index (χ1) is 13.5. The van der Waals surface area contributed by atoms with Gasteiger partial charge < -0.3 is 4.74 Å². The Labute approximate surface area is 173 Å². The largest absolute Gasteiger partial charge is 0.463 e. The van der Waals surface area contributed by atoms with Crippen LogP contribution in [0, 0.1) is 6.92 Å². The molecule has 28 heavy (non-hydrogen) atoms. The number of hydrogen-bond acceptors (Lipinski definition) is 7. The minimum atomic E-state index is -0.512. The third kappa shape index (κ3) is 3.21. The lowest BCUT2D eigenvalue weighted by molar-refractivity contribution is -0.139. The van der Waals surface area contributed by atoms with E-state index >= 15 is 0 Å². The Bertz CT molecular complexity index is 1240. The van der Waals surface area contributed by atoms with Crippen molar-refractivity contribution in [2.75, 3.05) is 6.61 Å². The minimum absolute atomic E-state index is 0.135. The van der Waals surface area contributed by atoms with E-state index in [-0.39, 0.29) is 12.2 Å². The van der Waals surface area contributed by atoms with Crippen LogP contribution in [0.1, 0.15) is 35.2 Å². The monoisotopic (exact) mass is 430 g/mol. The van der Waals surface area contributed by atoms with E-state index in [1.165, 1.54) is 22.7 Å². The summed E-state index contributed by atoms with van der Waals surface area (Å²) in [6.07, 6.45) is 1.92. The molecule has 4 rings (SSSR count). The molecule has 1 aliphatic rings. The fourth-order valence-electron chi connectivity index (χ4n) is 3.16. The zero-order valence-corrected chi connectivity index (χ0v) is 18.0. The number of ether oxygens (including phenoxy) is 1. The summed E-state index contributed by atoms with van der Waals surface area (Å²) in [5.74, 6) is -0.425. The number of rotatable bonds is 4. The van der Waals surface area contributed by atoms with Crippen LogP contribution < -0.4 is 14.9 Å². The SMILES string of the molecule is CCOC(=O)C1=C(C)N=c2s/c(=C/c3sccc3C)c(=O)n2C1c1cccs1. The normalized spacial score (nSPS) is 16.8. The smallest absolute Gasteiger partial charge is 0.338 e. The van der Waals surface area contributed by atoms with E-state index in [0.29, 0.717) is 20.6 Å². The van der Waals surface area contributed by atoms with Crippen LogP contribution in [0.25, 0.3) is 6.08 Å². The molecule has 0 spiro atoms. The maximum absolute atomic E-state index is 13.3. The van der Waals surface area contributed by atoms with Crippen LogP contribution in [0.4, 0.5) is 0 Å². The molecule has 0 bridgehead atoms. The molecule has 1 unspecified atom stereocenters. The lowest BCUT2D eigenvalue weighted by Crippen LogP contribution is -2.39. The average molecular weight is 431 g/mol. The molecule has 0 amide bonds. The Balaban J connectivity index is 1.96. The number of aryl methyl sites for hydroxylation is 1. The zero-order valence-electron chi connectivity index (χ0n) is 15.6. The molecule has 0 saturated carbocycles. The number of esters is 1. The van der Waals surface area contributed by atoms with Gasteiger partial charge in [-0.1, -0.05) is 17.4 Å². The van der Waals surface area contributed by atoms with Gasteiger partial charge in [-0.05, 0) is 55.3 Å². The van der Waals surface area contributed by atoms with Crippen molar-refractivity contribution in [2.45, 2.75) is 26.8 Å². The van der Waals surface area contributed by atoms with Crippen molar-refractivity contribution >= 4 is 46.1 Å². The first kappa shape index (κ1) is 19.0. The number of carbonyl (C=O) groups is 1. The quantitative estimate of drug-likeness (QED) is 0.597. The number of thiazole rings is 1. The highest BCUT2D eigenvalue weighted by molar-refractivity contribution is 7.11. The molecule has 5 nitrogen and oxygen atoms in total. The van der Waals surface area contributed by atoms with Crippen molar-refractivity contribution in [3.05, 3.63) is 75.2 Å². The molecular formula is C20H18N2O3S3.